The lowest BCUT2D eigenvalue weighted by Gasteiger charge is -2.26. The fraction of sp³-hybridized carbons (Fsp3) is 0.318. The number of carbonyl (C=O) groups excluding carboxylic acids is 3. The molecule has 4 rings (SSSR count). The van der Waals surface area contributed by atoms with Crippen molar-refractivity contribution >= 4 is 29.2 Å². The first-order valence-corrected chi connectivity index (χ1v) is 10.8. The largest absolute Gasteiger partial charge is 0.486 e. The molecule has 4 amide bonds. The third-order valence-electron chi connectivity index (χ3n) is 5.32. The van der Waals surface area contributed by atoms with Crippen LogP contribution >= 0.6 is 11.3 Å². The molecule has 1 aromatic heterocycles. The van der Waals surface area contributed by atoms with E-state index in [1.54, 1.807) is 36.1 Å². The molecule has 0 radical (unpaired) electrons. The Kier molecular flexibility index (Phi) is 5.69. The highest BCUT2D eigenvalue weighted by molar-refractivity contribution is 7.09. The second-order valence-electron chi connectivity index (χ2n) is 7.45. The van der Waals surface area contributed by atoms with Gasteiger partial charge in [-0.15, -0.1) is 17.9 Å². The van der Waals surface area contributed by atoms with Gasteiger partial charge < -0.3 is 19.7 Å². The molecule has 2 aliphatic heterocycles. The number of urea groups is 1. The molecule has 1 fully saturated rings. The van der Waals surface area contributed by atoms with Crippen LogP contribution in [0, 0.1) is 0 Å². The molecule has 1 unspecified atom stereocenters. The average Bonchev–Trinajstić information content (AvgIpc) is 3.36. The number of rotatable bonds is 7. The van der Waals surface area contributed by atoms with Crippen LogP contribution < -0.4 is 14.8 Å². The predicted molar refractivity (Wildman–Crippen MR) is 115 cm³/mol. The number of amides is 4. The molecule has 0 aliphatic carbocycles. The van der Waals surface area contributed by atoms with Gasteiger partial charge in [-0.2, -0.15) is 0 Å². The number of nitrogens with zero attached hydrogens (tertiary/aromatic N) is 2. The van der Waals surface area contributed by atoms with Gasteiger partial charge in [-0.05, 0) is 36.1 Å². The van der Waals surface area contributed by atoms with Crippen LogP contribution in [0.15, 0.2) is 48.4 Å². The molecule has 2 aromatic rings. The Hall–Kier alpha value is -3.33. The van der Waals surface area contributed by atoms with Crippen molar-refractivity contribution in [2.45, 2.75) is 19.0 Å². The van der Waals surface area contributed by atoms with Crippen molar-refractivity contribution < 1.29 is 23.9 Å². The average molecular weight is 442 g/mol. The van der Waals surface area contributed by atoms with Gasteiger partial charge in [0.1, 0.15) is 25.3 Å². The summed E-state index contributed by atoms with van der Waals surface area (Å²) in [7, 11) is 0. The number of fused-ring (bicyclic) bond motifs is 1. The van der Waals surface area contributed by atoms with Crippen LogP contribution in [-0.4, -0.2) is 53.9 Å². The number of imide groups is 1. The lowest BCUT2D eigenvalue weighted by molar-refractivity contribution is -0.138. The maximum atomic E-state index is 13.2. The van der Waals surface area contributed by atoms with Gasteiger partial charge in [0.25, 0.3) is 5.91 Å². The Bertz CT molecular complexity index is 1020. The second-order valence-corrected chi connectivity index (χ2v) is 8.48. The van der Waals surface area contributed by atoms with Crippen LogP contribution in [0.25, 0.3) is 0 Å². The zero-order valence-electron chi connectivity index (χ0n) is 17.1. The smallest absolute Gasteiger partial charge is 0.325 e. The lowest BCUT2D eigenvalue weighted by atomic mass is 9.91. The minimum absolute atomic E-state index is 0.319. The van der Waals surface area contributed by atoms with Crippen molar-refractivity contribution in [2.24, 2.45) is 0 Å². The van der Waals surface area contributed by atoms with Crippen molar-refractivity contribution in [1.82, 2.24) is 15.1 Å². The number of carbonyl (C=O) groups is 3. The van der Waals surface area contributed by atoms with Crippen LogP contribution in [0.5, 0.6) is 11.5 Å². The molecule has 9 heteroatoms. The van der Waals surface area contributed by atoms with Gasteiger partial charge in [0.05, 0.1) is 6.54 Å². The minimum Gasteiger partial charge on any atom is -0.486 e. The summed E-state index contributed by atoms with van der Waals surface area (Å²) in [6, 6.07) is 8.37. The zero-order chi connectivity index (χ0) is 22.0. The molecule has 8 nitrogen and oxygen atoms in total. The molecule has 0 saturated carbocycles. The van der Waals surface area contributed by atoms with Crippen molar-refractivity contribution in [3.63, 3.8) is 0 Å². The van der Waals surface area contributed by atoms with E-state index >= 15 is 0 Å². The number of ether oxygens (including phenoxy) is 2. The summed E-state index contributed by atoms with van der Waals surface area (Å²) in [4.78, 5) is 42.3. The third-order valence-corrected chi connectivity index (χ3v) is 6.18. The molecular weight excluding hydrogens is 418 g/mol. The maximum absolute atomic E-state index is 13.2. The van der Waals surface area contributed by atoms with Crippen LogP contribution in [-0.2, 0) is 21.7 Å². The zero-order valence-corrected chi connectivity index (χ0v) is 17.9. The summed E-state index contributed by atoms with van der Waals surface area (Å²) < 4.78 is 11.1. The van der Waals surface area contributed by atoms with Gasteiger partial charge in [-0.25, -0.2) is 4.79 Å². The van der Waals surface area contributed by atoms with E-state index in [4.69, 9.17) is 9.47 Å². The molecule has 2 aliphatic rings. The van der Waals surface area contributed by atoms with E-state index in [0.29, 0.717) is 43.4 Å². The van der Waals surface area contributed by atoms with E-state index in [1.807, 2.05) is 17.5 Å². The van der Waals surface area contributed by atoms with E-state index in [0.717, 1.165) is 9.78 Å². The Balaban J connectivity index is 1.52. The number of thiophene rings is 1. The highest BCUT2D eigenvalue weighted by atomic mass is 32.1. The fourth-order valence-corrected chi connectivity index (χ4v) is 4.35. The second kappa shape index (κ2) is 8.43. The molecule has 31 heavy (non-hydrogen) atoms. The van der Waals surface area contributed by atoms with Gasteiger partial charge in [-0.1, -0.05) is 18.2 Å². The predicted octanol–water partition coefficient (Wildman–Crippen LogP) is 2.50. The number of benzene rings is 1. The van der Waals surface area contributed by atoms with Gasteiger partial charge in [0.15, 0.2) is 11.5 Å². The number of hydrogen-bond acceptors (Lipinski definition) is 6. The molecule has 1 aromatic carbocycles. The summed E-state index contributed by atoms with van der Waals surface area (Å²) in [5.74, 6) is 0.297. The van der Waals surface area contributed by atoms with Gasteiger partial charge in [-0.3, -0.25) is 14.5 Å². The Labute approximate surface area is 184 Å². The van der Waals surface area contributed by atoms with Crippen molar-refractivity contribution in [1.29, 1.82) is 0 Å². The monoisotopic (exact) mass is 441 g/mol. The molecular formula is C22H23N3O5S. The van der Waals surface area contributed by atoms with Gasteiger partial charge >= 0.3 is 6.03 Å². The quantitative estimate of drug-likeness (QED) is 0.527. The molecule has 0 spiro atoms. The highest BCUT2D eigenvalue weighted by Gasteiger charge is 2.50. The van der Waals surface area contributed by atoms with Crippen molar-refractivity contribution in [3.05, 3.63) is 58.8 Å². The lowest BCUT2D eigenvalue weighted by Crippen LogP contribution is -2.44. The standard InChI is InChI=1S/C22H23N3O5S/c1-3-8-24(13-16-5-4-11-31-16)19(26)14-25-20(27)22(2,23-21(25)28)15-6-7-17-18(12-15)30-10-9-29-17/h3-7,11-12H,1,8-10,13-14H2,2H3,(H,23,28). The minimum atomic E-state index is -1.30. The topological polar surface area (TPSA) is 88.2 Å². The molecule has 1 N–H and O–H groups in total. The first-order valence-electron chi connectivity index (χ1n) is 9.87. The maximum Gasteiger partial charge on any atom is 0.325 e. The summed E-state index contributed by atoms with van der Waals surface area (Å²) >= 11 is 1.54. The van der Waals surface area contributed by atoms with E-state index in [-0.39, 0.29) is 12.5 Å². The van der Waals surface area contributed by atoms with Crippen LogP contribution in [0.1, 0.15) is 17.4 Å². The van der Waals surface area contributed by atoms with E-state index in [9.17, 15) is 14.4 Å². The Morgan fingerprint density at radius 3 is 2.77 bits per heavy atom. The van der Waals surface area contributed by atoms with Crippen molar-refractivity contribution in [3.8, 4) is 11.5 Å². The van der Waals surface area contributed by atoms with Crippen molar-refractivity contribution in [2.75, 3.05) is 26.3 Å². The molecule has 1 saturated heterocycles. The Morgan fingerprint density at radius 2 is 2.06 bits per heavy atom. The van der Waals surface area contributed by atoms with Crippen LogP contribution in [0.3, 0.4) is 0 Å². The summed E-state index contributed by atoms with van der Waals surface area (Å²) in [5, 5.41) is 4.66. The van der Waals surface area contributed by atoms with Gasteiger partial charge in [0.2, 0.25) is 5.91 Å². The number of nitrogens with one attached hydrogen (secondary N) is 1. The number of hydrogen-bond donors (Lipinski definition) is 1. The SMILES string of the molecule is C=CCN(Cc1cccs1)C(=O)CN1C(=O)NC(C)(c2ccc3c(c2)OCCO3)C1=O. The first-order chi connectivity index (χ1) is 14.9. The summed E-state index contributed by atoms with van der Waals surface area (Å²) in [6.07, 6.45) is 1.62. The van der Waals surface area contributed by atoms with E-state index < -0.39 is 17.5 Å². The molecule has 3 heterocycles. The molecule has 0 bridgehead atoms. The first kappa shape index (κ1) is 20.9. The molecule has 162 valence electrons. The third kappa shape index (κ3) is 4.00. The van der Waals surface area contributed by atoms with E-state index in [1.165, 1.54) is 11.3 Å². The van der Waals surface area contributed by atoms with Gasteiger partial charge in [0, 0.05) is 11.4 Å². The van der Waals surface area contributed by atoms with Crippen LogP contribution in [0.4, 0.5) is 4.79 Å². The van der Waals surface area contributed by atoms with E-state index in [2.05, 4.69) is 11.9 Å². The summed E-state index contributed by atoms with van der Waals surface area (Å²) in [6.45, 7) is 6.57. The normalized spacial score (nSPS) is 19.8. The Morgan fingerprint density at radius 1 is 1.29 bits per heavy atom. The fourth-order valence-electron chi connectivity index (χ4n) is 3.63. The highest BCUT2D eigenvalue weighted by Crippen LogP contribution is 2.36. The summed E-state index contributed by atoms with van der Waals surface area (Å²) in [5.41, 5.74) is -0.740. The molecule has 1 atom stereocenters. The van der Waals surface area contributed by atoms with Crippen LogP contribution in [0.2, 0.25) is 0 Å².